The van der Waals surface area contributed by atoms with Gasteiger partial charge in [0.2, 0.25) is 0 Å². The second-order valence-electron chi connectivity index (χ2n) is 5.02. The Bertz CT molecular complexity index is 378. The molecule has 2 rings (SSSR count). The summed E-state index contributed by atoms with van der Waals surface area (Å²) in [6, 6.07) is 8.22. The highest BCUT2D eigenvalue weighted by Gasteiger charge is 2.15. The average molecular weight is 264 g/mol. The van der Waals surface area contributed by atoms with Crippen molar-refractivity contribution in [2.45, 2.75) is 12.5 Å². The molecule has 19 heavy (non-hydrogen) atoms. The van der Waals surface area contributed by atoms with Crippen LogP contribution >= 0.6 is 0 Å². The molecule has 1 unspecified atom stereocenters. The third kappa shape index (κ3) is 4.49. The van der Waals surface area contributed by atoms with E-state index in [2.05, 4.69) is 29.4 Å². The van der Waals surface area contributed by atoms with Crippen molar-refractivity contribution in [3.63, 3.8) is 0 Å². The van der Waals surface area contributed by atoms with Crippen LogP contribution in [0.2, 0.25) is 0 Å². The quantitative estimate of drug-likeness (QED) is 0.836. The van der Waals surface area contributed by atoms with Crippen molar-refractivity contribution in [1.82, 2.24) is 10.2 Å². The van der Waals surface area contributed by atoms with Crippen molar-refractivity contribution in [2.75, 3.05) is 46.9 Å². The van der Waals surface area contributed by atoms with E-state index in [4.69, 9.17) is 9.47 Å². The highest BCUT2D eigenvalue weighted by molar-refractivity contribution is 5.33. The van der Waals surface area contributed by atoms with Crippen LogP contribution < -0.4 is 10.1 Å². The van der Waals surface area contributed by atoms with Crippen LogP contribution in [0.25, 0.3) is 0 Å². The number of benzene rings is 1. The maximum absolute atomic E-state index is 5.72. The summed E-state index contributed by atoms with van der Waals surface area (Å²) in [5.74, 6) is 0.978. The smallest absolute Gasteiger partial charge is 0.122 e. The predicted molar refractivity (Wildman–Crippen MR) is 76.8 cm³/mol. The summed E-state index contributed by atoms with van der Waals surface area (Å²) in [7, 11) is 3.87. The van der Waals surface area contributed by atoms with E-state index in [1.165, 1.54) is 5.56 Å². The van der Waals surface area contributed by atoms with Gasteiger partial charge in [0, 0.05) is 26.2 Å². The lowest BCUT2D eigenvalue weighted by molar-refractivity contribution is 0.0102. The number of methoxy groups -OCH3 is 1. The second kappa shape index (κ2) is 7.48. The van der Waals surface area contributed by atoms with Gasteiger partial charge in [-0.25, -0.2) is 0 Å². The molecule has 1 heterocycles. The van der Waals surface area contributed by atoms with Crippen LogP contribution in [-0.2, 0) is 11.2 Å². The van der Waals surface area contributed by atoms with Crippen molar-refractivity contribution in [2.24, 2.45) is 0 Å². The van der Waals surface area contributed by atoms with Gasteiger partial charge >= 0.3 is 0 Å². The van der Waals surface area contributed by atoms with Crippen LogP contribution in [0, 0.1) is 0 Å². The lowest BCUT2D eigenvalue weighted by Crippen LogP contribution is -2.44. The molecule has 0 radical (unpaired) electrons. The first kappa shape index (κ1) is 14.3. The van der Waals surface area contributed by atoms with Crippen LogP contribution in [0.5, 0.6) is 5.75 Å². The Morgan fingerprint density at radius 2 is 2.26 bits per heavy atom. The van der Waals surface area contributed by atoms with E-state index in [1.807, 2.05) is 12.1 Å². The van der Waals surface area contributed by atoms with Crippen LogP contribution in [0.3, 0.4) is 0 Å². The van der Waals surface area contributed by atoms with Gasteiger partial charge in [0.15, 0.2) is 0 Å². The molecule has 4 nitrogen and oxygen atoms in total. The summed E-state index contributed by atoms with van der Waals surface area (Å²) in [5.41, 5.74) is 1.26. The zero-order chi connectivity index (χ0) is 13.5. The van der Waals surface area contributed by atoms with Crippen molar-refractivity contribution in [3.05, 3.63) is 29.8 Å². The number of nitrogens with one attached hydrogen (secondary N) is 1. The van der Waals surface area contributed by atoms with E-state index in [0.29, 0.717) is 6.10 Å². The molecule has 1 fully saturated rings. The summed E-state index contributed by atoms with van der Waals surface area (Å²) in [4.78, 5) is 2.32. The third-order valence-electron chi connectivity index (χ3n) is 3.48. The van der Waals surface area contributed by atoms with Gasteiger partial charge in [0.25, 0.3) is 0 Å². The van der Waals surface area contributed by atoms with Gasteiger partial charge in [-0.15, -0.1) is 0 Å². The SMILES string of the molecule is COc1ccccc1CCN(C)CC1CNCCO1. The maximum Gasteiger partial charge on any atom is 0.122 e. The highest BCUT2D eigenvalue weighted by atomic mass is 16.5. The minimum Gasteiger partial charge on any atom is -0.496 e. The van der Waals surface area contributed by atoms with Crippen molar-refractivity contribution >= 4 is 0 Å². The molecular formula is C15H24N2O2. The highest BCUT2D eigenvalue weighted by Crippen LogP contribution is 2.17. The Kier molecular flexibility index (Phi) is 5.63. The van der Waals surface area contributed by atoms with Crippen molar-refractivity contribution in [3.8, 4) is 5.75 Å². The number of likely N-dealkylation sites (N-methyl/N-ethyl adjacent to an activating group) is 1. The van der Waals surface area contributed by atoms with Gasteiger partial charge < -0.3 is 19.7 Å². The van der Waals surface area contributed by atoms with Gasteiger partial charge in [0.1, 0.15) is 5.75 Å². The molecule has 0 aliphatic carbocycles. The molecule has 1 atom stereocenters. The van der Waals surface area contributed by atoms with Crippen LogP contribution in [-0.4, -0.2) is 57.9 Å². The summed E-state index contributed by atoms with van der Waals surface area (Å²) in [6.45, 7) is 4.74. The number of hydrogen-bond donors (Lipinski definition) is 1. The average Bonchev–Trinajstić information content (AvgIpc) is 2.46. The van der Waals surface area contributed by atoms with E-state index in [0.717, 1.165) is 45.0 Å². The molecule has 1 saturated heterocycles. The molecule has 1 aromatic carbocycles. The molecule has 0 bridgehead atoms. The van der Waals surface area contributed by atoms with Crippen molar-refractivity contribution in [1.29, 1.82) is 0 Å². The van der Waals surface area contributed by atoms with E-state index in [-0.39, 0.29) is 0 Å². The molecule has 1 aromatic rings. The topological polar surface area (TPSA) is 33.7 Å². The largest absolute Gasteiger partial charge is 0.496 e. The van der Waals surface area contributed by atoms with Gasteiger partial charge in [-0.2, -0.15) is 0 Å². The molecule has 1 N–H and O–H groups in total. The van der Waals surface area contributed by atoms with Gasteiger partial charge in [-0.1, -0.05) is 18.2 Å². The normalized spacial score (nSPS) is 19.6. The predicted octanol–water partition coefficient (Wildman–Crippen LogP) is 1.16. The molecule has 106 valence electrons. The zero-order valence-corrected chi connectivity index (χ0v) is 11.9. The molecule has 0 spiro atoms. The number of ether oxygens (including phenoxy) is 2. The Labute approximate surface area is 115 Å². The molecule has 0 aromatic heterocycles. The fourth-order valence-electron chi connectivity index (χ4n) is 2.40. The second-order valence-corrected chi connectivity index (χ2v) is 5.02. The Morgan fingerprint density at radius 3 is 3.00 bits per heavy atom. The Balaban J connectivity index is 1.77. The maximum atomic E-state index is 5.72. The van der Waals surface area contributed by atoms with E-state index >= 15 is 0 Å². The monoisotopic (exact) mass is 264 g/mol. The molecule has 1 aliphatic heterocycles. The first-order valence-corrected chi connectivity index (χ1v) is 6.92. The lowest BCUT2D eigenvalue weighted by atomic mass is 10.1. The van der Waals surface area contributed by atoms with Gasteiger partial charge in [-0.3, -0.25) is 0 Å². The minimum atomic E-state index is 0.316. The van der Waals surface area contributed by atoms with E-state index in [1.54, 1.807) is 7.11 Å². The Morgan fingerprint density at radius 1 is 1.42 bits per heavy atom. The van der Waals surface area contributed by atoms with E-state index in [9.17, 15) is 0 Å². The Hall–Kier alpha value is -1.10. The summed E-state index contributed by atoms with van der Waals surface area (Å²) >= 11 is 0. The molecular weight excluding hydrogens is 240 g/mol. The lowest BCUT2D eigenvalue weighted by Gasteiger charge is -2.28. The van der Waals surface area contributed by atoms with Crippen LogP contribution in [0.15, 0.2) is 24.3 Å². The van der Waals surface area contributed by atoms with Crippen LogP contribution in [0.1, 0.15) is 5.56 Å². The fourth-order valence-corrected chi connectivity index (χ4v) is 2.40. The number of para-hydroxylation sites is 1. The summed E-state index contributed by atoms with van der Waals surface area (Å²) < 4.78 is 11.1. The summed E-state index contributed by atoms with van der Waals surface area (Å²) in [5, 5.41) is 3.36. The fraction of sp³-hybridized carbons (Fsp3) is 0.600. The summed E-state index contributed by atoms with van der Waals surface area (Å²) in [6.07, 6.45) is 1.32. The third-order valence-corrected chi connectivity index (χ3v) is 3.48. The molecule has 0 saturated carbocycles. The van der Waals surface area contributed by atoms with Crippen LogP contribution in [0.4, 0.5) is 0 Å². The molecule has 4 heteroatoms. The van der Waals surface area contributed by atoms with Crippen molar-refractivity contribution < 1.29 is 9.47 Å². The number of morpholine rings is 1. The number of hydrogen-bond acceptors (Lipinski definition) is 4. The number of nitrogens with zero attached hydrogens (tertiary/aromatic N) is 1. The molecule has 0 amide bonds. The first-order valence-electron chi connectivity index (χ1n) is 6.92. The zero-order valence-electron chi connectivity index (χ0n) is 11.9. The first-order chi connectivity index (χ1) is 9.29. The van der Waals surface area contributed by atoms with Gasteiger partial charge in [-0.05, 0) is 25.1 Å². The van der Waals surface area contributed by atoms with E-state index < -0.39 is 0 Å². The van der Waals surface area contributed by atoms with Gasteiger partial charge in [0.05, 0.1) is 19.8 Å². The standard InChI is InChI=1S/C15H24N2O2/c1-17(12-14-11-16-8-10-19-14)9-7-13-5-3-4-6-15(13)18-2/h3-6,14,16H,7-12H2,1-2H3. The number of rotatable bonds is 6. The molecule has 1 aliphatic rings. The minimum absolute atomic E-state index is 0.316.